The number of hydrogen-bond donors (Lipinski definition) is 1. The van der Waals surface area contributed by atoms with E-state index in [4.69, 9.17) is 0 Å². The number of fused-ring (bicyclic) bond motifs is 1. The van der Waals surface area contributed by atoms with Crippen molar-refractivity contribution in [1.29, 1.82) is 0 Å². The van der Waals surface area contributed by atoms with Crippen LogP contribution in [0.4, 0.5) is 0 Å². The van der Waals surface area contributed by atoms with Gasteiger partial charge in [-0.15, -0.1) is 11.3 Å². The van der Waals surface area contributed by atoms with Crippen LogP contribution in [-0.4, -0.2) is 37.1 Å². The van der Waals surface area contributed by atoms with E-state index in [9.17, 15) is 0 Å². The van der Waals surface area contributed by atoms with Gasteiger partial charge in [-0.2, -0.15) is 0 Å². The Morgan fingerprint density at radius 3 is 2.62 bits per heavy atom. The number of thiophene rings is 1. The molecule has 1 aromatic heterocycles. The van der Waals surface area contributed by atoms with Gasteiger partial charge in [0.05, 0.1) is 0 Å². The lowest BCUT2D eigenvalue weighted by atomic mass is 9.88. The van der Waals surface area contributed by atoms with Crippen molar-refractivity contribution in [3.05, 3.63) is 35.2 Å². The molecule has 21 heavy (non-hydrogen) atoms. The summed E-state index contributed by atoms with van der Waals surface area (Å²) in [5, 5.41) is 7.50. The number of nitrogens with zero attached hydrogens (tertiary/aromatic N) is 1. The van der Waals surface area contributed by atoms with Crippen LogP contribution in [0.5, 0.6) is 0 Å². The number of hydrogen-bond acceptors (Lipinski definition) is 3. The molecule has 116 valence electrons. The summed E-state index contributed by atoms with van der Waals surface area (Å²) in [5.74, 6) is 0. The van der Waals surface area contributed by atoms with Gasteiger partial charge in [-0.3, -0.25) is 0 Å². The summed E-state index contributed by atoms with van der Waals surface area (Å²) in [7, 11) is 4.35. The van der Waals surface area contributed by atoms with Crippen LogP contribution in [0.15, 0.2) is 29.6 Å². The second-order valence-corrected chi connectivity index (χ2v) is 7.43. The summed E-state index contributed by atoms with van der Waals surface area (Å²) < 4.78 is 1.39. The molecule has 0 amide bonds. The Morgan fingerprint density at radius 1 is 1.24 bits per heavy atom. The highest BCUT2D eigenvalue weighted by molar-refractivity contribution is 7.17. The van der Waals surface area contributed by atoms with Gasteiger partial charge in [0.2, 0.25) is 0 Å². The van der Waals surface area contributed by atoms with Gasteiger partial charge in [0.15, 0.2) is 0 Å². The van der Waals surface area contributed by atoms with Crippen molar-refractivity contribution in [3.8, 4) is 0 Å². The lowest BCUT2D eigenvalue weighted by Crippen LogP contribution is -2.56. The molecule has 2 rings (SSSR count). The normalized spacial score (nSPS) is 14.0. The lowest BCUT2D eigenvalue weighted by molar-refractivity contribution is 0.137. The van der Waals surface area contributed by atoms with Crippen molar-refractivity contribution < 1.29 is 0 Å². The first-order valence-electron chi connectivity index (χ1n) is 7.82. The average Bonchev–Trinajstić information content (AvgIpc) is 2.86. The number of benzene rings is 1. The molecule has 0 saturated heterocycles. The Hall–Kier alpha value is -0.900. The summed E-state index contributed by atoms with van der Waals surface area (Å²) in [6.45, 7) is 7.96. The van der Waals surface area contributed by atoms with E-state index in [0.717, 1.165) is 13.0 Å². The quantitative estimate of drug-likeness (QED) is 0.826. The molecule has 2 nitrogen and oxygen atoms in total. The molecular weight excluding hydrogens is 276 g/mol. The molecule has 3 heteroatoms. The van der Waals surface area contributed by atoms with Crippen molar-refractivity contribution in [2.24, 2.45) is 0 Å². The Balaban J connectivity index is 2.26. The Bertz CT molecular complexity index is 571. The molecule has 1 aromatic carbocycles. The van der Waals surface area contributed by atoms with Gasteiger partial charge in [0, 0.05) is 16.3 Å². The summed E-state index contributed by atoms with van der Waals surface area (Å²) in [4.78, 5) is 2.33. The van der Waals surface area contributed by atoms with Gasteiger partial charge in [-0.1, -0.05) is 25.1 Å². The number of nitrogens with one attached hydrogen (secondary N) is 1. The van der Waals surface area contributed by atoms with Crippen molar-refractivity contribution in [3.63, 3.8) is 0 Å². The molecule has 0 aliphatic carbocycles. The van der Waals surface area contributed by atoms with Crippen molar-refractivity contribution >= 4 is 21.4 Å². The SMILES string of the molecule is CCCNC(Cc1csc2ccccc12)C(C)(C)N(C)C. The van der Waals surface area contributed by atoms with Crippen molar-refractivity contribution in [2.45, 2.75) is 45.2 Å². The topological polar surface area (TPSA) is 15.3 Å². The zero-order chi connectivity index (χ0) is 15.5. The number of likely N-dealkylation sites (N-methyl/N-ethyl adjacent to an activating group) is 1. The van der Waals surface area contributed by atoms with Crippen LogP contribution < -0.4 is 5.32 Å². The van der Waals surface area contributed by atoms with Crippen LogP contribution in [0.25, 0.3) is 10.1 Å². The van der Waals surface area contributed by atoms with E-state index in [-0.39, 0.29) is 5.54 Å². The van der Waals surface area contributed by atoms with E-state index in [1.54, 1.807) is 0 Å². The van der Waals surface area contributed by atoms with Crippen LogP contribution in [0, 0.1) is 0 Å². The highest BCUT2D eigenvalue weighted by Gasteiger charge is 2.31. The fraction of sp³-hybridized carbons (Fsp3) is 0.556. The molecule has 1 N–H and O–H groups in total. The van der Waals surface area contributed by atoms with Gasteiger partial charge in [-0.25, -0.2) is 0 Å². The van der Waals surface area contributed by atoms with Gasteiger partial charge in [0.1, 0.15) is 0 Å². The van der Waals surface area contributed by atoms with Crippen LogP contribution in [0.3, 0.4) is 0 Å². The van der Waals surface area contributed by atoms with Gasteiger partial charge < -0.3 is 10.2 Å². The van der Waals surface area contributed by atoms with E-state index in [0.29, 0.717) is 6.04 Å². The first-order valence-corrected chi connectivity index (χ1v) is 8.70. The van der Waals surface area contributed by atoms with Gasteiger partial charge >= 0.3 is 0 Å². The second-order valence-electron chi connectivity index (χ2n) is 6.52. The highest BCUT2D eigenvalue weighted by atomic mass is 32.1. The third-order valence-corrected chi connectivity index (χ3v) is 5.64. The molecule has 0 saturated carbocycles. The first-order chi connectivity index (χ1) is 9.96. The highest BCUT2D eigenvalue weighted by Crippen LogP contribution is 2.29. The maximum atomic E-state index is 3.76. The van der Waals surface area contributed by atoms with Crippen LogP contribution in [0.1, 0.15) is 32.8 Å². The van der Waals surface area contributed by atoms with Crippen molar-refractivity contribution in [2.75, 3.05) is 20.6 Å². The first kappa shape index (κ1) is 16.5. The van der Waals surface area contributed by atoms with Crippen molar-refractivity contribution in [1.82, 2.24) is 10.2 Å². The Labute approximate surface area is 133 Å². The minimum atomic E-state index is 0.123. The van der Waals surface area contributed by atoms with E-state index < -0.39 is 0 Å². The summed E-state index contributed by atoms with van der Waals surface area (Å²) in [6.07, 6.45) is 2.25. The zero-order valence-electron chi connectivity index (χ0n) is 13.9. The monoisotopic (exact) mass is 304 g/mol. The molecule has 1 atom stereocenters. The van der Waals surface area contributed by atoms with Crippen LogP contribution in [-0.2, 0) is 6.42 Å². The summed E-state index contributed by atoms with van der Waals surface area (Å²) in [5.41, 5.74) is 1.59. The molecule has 0 spiro atoms. The predicted molar refractivity (Wildman–Crippen MR) is 95.4 cm³/mol. The Morgan fingerprint density at radius 2 is 1.95 bits per heavy atom. The lowest BCUT2D eigenvalue weighted by Gasteiger charge is -2.41. The molecule has 0 bridgehead atoms. The molecular formula is C18H28N2S. The zero-order valence-corrected chi connectivity index (χ0v) is 14.8. The third-order valence-electron chi connectivity index (χ3n) is 4.63. The standard InChI is InChI=1S/C18H28N2S/c1-6-11-19-17(18(2,3)20(4)5)12-14-13-21-16-10-8-7-9-15(14)16/h7-10,13,17,19H,6,11-12H2,1-5H3. The molecule has 1 unspecified atom stereocenters. The van der Waals surface area contributed by atoms with E-state index in [1.807, 2.05) is 11.3 Å². The molecule has 0 radical (unpaired) electrons. The smallest absolute Gasteiger partial charge is 0.0345 e. The molecule has 0 fully saturated rings. The second kappa shape index (κ2) is 6.91. The number of rotatable bonds is 7. The summed E-state index contributed by atoms with van der Waals surface area (Å²) >= 11 is 1.86. The largest absolute Gasteiger partial charge is 0.312 e. The maximum absolute atomic E-state index is 3.76. The fourth-order valence-electron chi connectivity index (χ4n) is 2.61. The molecule has 0 aliphatic heterocycles. The summed E-state index contributed by atoms with van der Waals surface area (Å²) in [6, 6.07) is 9.18. The van der Waals surface area contributed by atoms with Crippen LogP contribution in [0.2, 0.25) is 0 Å². The van der Waals surface area contributed by atoms with Gasteiger partial charge in [0.25, 0.3) is 0 Å². The van der Waals surface area contributed by atoms with Crippen LogP contribution >= 0.6 is 11.3 Å². The van der Waals surface area contributed by atoms with E-state index in [1.165, 1.54) is 22.1 Å². The molecule has 0 aliphatic rings. The predicted octanol–water partition coefficient (Wildman–Crippen LogP) is 4.15. The third kappa shape index (κ3) is 3.65. The minimum Gasteiger partial charge on any atom is -0.312 e. The average molecular weight is 305 g/mol. The van der Waals surface area contributed by atoms with Gasteiger partial charge in [-0.05, 0) is 69.7 Å². The van der Waals surface area contributed by atoms with E-state index >= 15 is 0 Å². The maximum Gasteiger partial charge on any atom is 0.0345 e. The minimum absolute atomic E-state index is 0.123. The Kier molecular flexibility index (Phi) is 5.42. The molecule has 2 aromatic rings. The molecule has 1 heterocycles. The fourth-order valence-corrected chi connectivity index (χ4v) is 3.59. The van der Waals surface area contributed by atoms with E-state index in [2.05, 4.69) is 74.7 Å².